The summed E-state index contributed by atoms with van der Waals surface area (Å²) in [4.78, 5) is 0. The van der Waals surface area contributed by atoms with E-state index in [4.69, 9.17) is 0 Å². The number of hydrogen-bond donors (Lipinski definition) is 0. The molecule has 0 aliphatic heterocycles. The average Bonchev–Trinajstić information content (AvgIpc) is 2.23. The first-order valence-corrected chi connectivity index (χ1v) is 4.66. The van der Waals surface area contributed by atoms with E-state index in [9.17, 15) is 0 Å². The van der Waals surface area contributed by atoms with Gasteiger partial charge in [-0.3, -0.25) is 0 Å². The van der Waals surface area contributed by atoms with Crippen LogP contribution in [-0.2, 0) is 0 Å². The van der Waals surface area contributed by atoms with E-state index in [1.165, 1.54) is 11.1 Å². The van der Waals surface area contributed by atoms with Crippen molar-refractivity contribution in [3.8, 4) is 0 Å². The van der Waals surface area contributed by atoms with Crippen LogP contribution >= 0.6 is 0 Å². The van der Waals surface area contributed by atoms with Crippen molar-refractivity contribution in [2.45, 2.75) is 0 Å². The van der Waals surface area contributed by atoms with E-state index >= 15 is 0 Å². The van der Waals surface area contributed by atoms with E-state index in [-0.39, 0.29) is 0 Å². The highest BCUT2D eigenvalue weighted by Gasteiger charge is 1.94. The van der Waals surface area contributed by atoms with Gasteiger partial charge in [-0.25, -0.2) is 0 Å². The van der Waals surface area contributed by atoms with E-state index in [1.54, 1.807) is 0 Å². The maximum Gasteiger partial charge on any atom is 0.0199 e. The molecule has 0 unspecified atom stereocenters. The standard InChI is InChI=1S/C14H12/c1-12-7-9-14(10-8-12)11-13-5-3-2-4-6-13/h2-11H,1H2. The lowest BCUT2D eigenvalue weighted by Crippen LogP contribution is -1.84. The third-order valence-corrected chi connectivity index (χ3v) is 2.11. The predicted octanol–water partition coefficient (Wildman–Crippen LogP) is 3.47. The topological polar surface area (TPSA) is 0 Å². The molecule has 68 valence electrons. The Hall–Kier alpha value is -1.56. The van der Waals surface area contributed by atoms with Crippen LogP contribution in [0.3, 0.4) is 0 Å². The van der Waals surface area contributed by atoms with Gasteiger partial charge in [-0.1, -0.05) is 54.6 Å². The Balaban J connectivity index is 2.16. The molecule has 0 saturated carbocycles. The van der Waals surface area contributed by atoms with Gasteiger partial charge in [0.25, 0.3) is 0 Å². The molecule has 0 N–H and O–H groups in total. The Bertz CT molecular complexity index is 384. The molecule has 0 heteroatoms. The summed E-state index contributed by atoms with van der Waals surface area (Å²) in [6.07, 6.45) is 2.15. The Kier molecular flexibility index (Phi) is 2.64. The van der Waals surface area contributed by atoms with Gasteiger partial charge < -0.3 is 0 Å². The fourth-order valence-corrected chi connectivity index (χ4v) is 1.36. The molecule has 0 spiro atoms. The van der Waals surface area contributed by atoms with Gasteiger partial charge in [-0.05, 0) is 23.6 Å². The summed E-state index contributed by atoms with van der Waals surface area (Å²) >= 11 is 0. The predicted molar refractivity (Wildman–Crippen MR) is 59.8 cm³/mol. The average molecular weight is 180 g/mol. The molecule has 0 aliphatic carbocycles. The molecule has 2 radical (unpaired) electrons. The highest BCUT2D eigenvalue weighted by Crippen LogP contribution is 2.11. The highest BCUT2D eigenvalue weighted by atomic mass is 14.0. The number of hydrogen-bond acceptors (Lipinski definition) is 0. The van der Waals surface area contributed by atoms with Crippen LogP contribution in [0.15, 0.2) is 54.6 Å². The van der Waals surface area contributed by atoms with Crippen molar-refractivity contribution in [1.29, 1.82) is 0 Å². The molecule has 14 heavy (non-hydrogen) atoms. The second kappa shape index (κ2) is 4.10. The van der Waals surface area contributed by atoms with Crippen molar-refractivity contribution in [2.24, 2.45) is 0 Å². The van der Waals surface area contributed by atoms with Gasteiger partial charge >= 0.3 is 0 Å². The monoisotopic (exact) mass is 180 g/mol. The Morgan fingerprint density at radius 2 is 1.29 bits per heavy atom. The summed E-state index contributed by atoms with van der Waals surface area (Å²) in [5.74, 6) is 0. The van der Waals surface area contributed by atoms with Crippen LogP contribution in [0.1, 0.15) is 16.7 Å². The van der Waals surface area contributed by atoms with E-state index in [0.717, 1.165) is 5.56 Å². The van der Waals surface area contributed by atoms with Crippen LogP contribution in [0.5, 0.6) is 0 Å². The lowest BCUT2D eigenvalue weighted by Gasteiger charge is -2.01. The van der Waals surface area contributed by atoms with Crippen LogP contribution in [0.4, 0.5) is 0 Å². The molecule has 0 bridgehead atoms. The van der Waals surface area contributed by atoms with Crippen molar-refractivity contribution in [3.05, 3.63) is 84.6 Å². The van der Waals surface area contributed by atoms with E-state index in [2.05, 4.69) is 37.6 Å². The largest absolute Gasteiger partial charge is 0.0622 e. The van der Waals surface area contributed by atoms with Gasteiger partial charge in [0.15, 0.2) is 0 Å². The second-order valence-corrected chi connectivity index (χ2v) is 3.30. The molecular formula is C14H12. The molecule has 0 aromatic heterocycles. The van der Waals surface area contributed by atoms with Crippen molar-refractivity contribution in [2.75, 3.05) is 0 Å². The Labute approximate surface area is 85.2 Å². The minimum Gasteiger partial charge on any atom is -0.0622 e. The molecule has 0 atom stereocenters. The van der Waals surface area contributed by atoms with E-state index in [1.807, 2.05) is 30.3 Å². The van der Waals surface area contributed by atoms with Crippen molar-refractivity contribution < 1.29 is 0 Å². The zero-order chi connectivity index (χ0) is 9.80. The maximum absolute atomic E-state index is 3.85. The van der Waals surface area contributed by atoms with Crippen LogP contribution < -0.4 is 0 Å². The fraction of sp³-hybridized carbons (Fsp3) is 0. The molecule has 2 rings (SSSR count). The van der Waals surface area contributed by atoms with Crippen LogP contribution in [0, 0.1) is 13.3 Å². The summed E-state index contributed by atoms with van der Waals surface area (Å²) in [7, 11) is 0. The molecular weight excluding hydrogens is 168 g/mol. The number of benzene rings is 2. The molecule has 0 fully saturated rings. The molecule has 2 aromatic rings. The van der Waals surface area contributed by atoms with Crippen molar-refractivity contribution in [1.82, 2.24) is 0 Å². The molecule has 2 aromatic carbocycles. The lowest BCUT2D eigenvalue weighted by atomic mass is 10.0. The van der Waals surface area contributed by atoms with Gasteiger partial charge in [0, 0.05) is 6.42 Å². The van der Waals surface area contributed by atoms with Gasteiger partial charge in [0.2, 0.25) is 0 Å². The number of rotatable bonds is 2. The first-order chi connectivity index (χ1) is 6.84. The lowest BCUT2D eigenvalue weighted by molar-refractivity contribution is 1.42. The molecule has 0 saturated heterocycles. The zero-order valence-electron chi connectivity index (χ0n) is 7.98. The summed E-state index contributed by atoms with van der Waals surface area (Å²) < 4.78 is 0. The van der Waals surface area contributed by atoms with E-state index < -0.39 is 0 Å². The van der Waals surface area contributed by atoms with Gasteiger partial charge in [-0.15, -0.1) is 0 Å². The van der Waals surface area contributed by atoms with Crippen LogP contribution in [-0.4, -0.2) is 0 Å². The SMILES string of the molecule is [CH2]c1ccc([CH]c2ccccc2)cc1. The zero-order valence-corrected chi connectivity index (χ0v) is 7.98. The molecule has 0 amide bonds. The van der Waals surface area contributed by atoms with Gasteiger partial charge in [0.05, 0.1) is 0 Å². The van der Waals surface area contributed by atoms with E-state index in [0.29, 0.717) is 0 Å². The first-order valence-electron chi connectivity index (χ1n) is 4.66. The summed E-state index contributed by atoms with van der Waals surface area (Å²) in [5.41, 5.74) is 3.49. The molecule has 0 nitrogen and oxygen atoms in total. The third kappa shape index (κ3) is 2.23. The maximum atomic E-state index is 3.85. The van der Waals surface area contributed by atoms with Gasteiger partial charge in [-0.2, -0.15) is 0 Å². The summed E-state index contributed by atoms with van der Waals surface area (Å²) in [6, 6.07) is 18.5. The Morgan fingerprint density at radius 3 is 1.93 bits per heavy atom. The molecule has 0 aliphatic rings. The fourth-order valence-electron chi connectivity index (χ4n) is 1.36. The minimum absolute atomic E-state index is 1.05. The van der Waals surface area contributed by atoms with Crippen molar-refractivity contribution >= 4 is 0 Å². The quantitative estimate of drug-likeness (QED) is 0.663. The summed E-state index contributed by atoms with van der Waals surface area (Å²) in [5, 5.41) is 0. The second-order valence-electron chi connectivity index (χ2n) is 3.30. The van der Waals surface area contributed by atoms with Gasteiger partial charge in [0.1, 0.15) is 0 Å². The first kappa shape index (κ1) is 9.01. The minimum atomic E-state index is 1.05. The van der Waals surface area contributed by atoms with Crippen LogP contribution in [0.2, 0.25) is 0 Å². The van der Waals surface area contributed by atoms with Crippen molar-refractivity contribution in [3.63, 3.8) is 0 Å². The smallest absolute Gasteiger partial charge is 0.0199 e. The third-order valence-electron chi connectivity index (χ3n) is 2.11. The van der Waals surface area contributed by atoms with Crippen LogP contribution in [0.25, 0.3) is 0 Å². The Morgan fingerprint density at radius 1 is 0.714 bits per heavy atom. The highest BCUT2D eigenvalue weighted by molar-refractivity contribution is 5.38. The normalized spacial score (nSPS) is 10.1. The summed E-state index contributed by atoms with van der Waals surface area (Å²) in [6.45, 7) is 3.85. The molecule has 0 heterocycles.